The minimum Gasteiger partial charge on any atom is -0.396 e. The summed E-state index contributed by atoms with van der Waals surface area (Å²) in [7, 11) is 0. The minimum atomic E-state index is -0.153. The number of aliphatic hydroxyl groups excluding tert-OH is 2. The smallest absolute Gasteiger partial charge is 0.0705 e. The van der Waals surface area contributed by atoms with Crippen molar-refractivity contribution in [3.05, 3.63) is 0 Å². The van der Waals surface area contributed by atoms with Gasteiger partial charge in [-0.25, -0.2) is 0 Å². The SMILES string of the molecule is OCCSCC[C@H]1CNC[C@@H]1O. The van der Waals surface area contributed by atoms with Crippen molar-refractivity contribution in [2.45, 2.75) is 12.5 Å². The van der Waals surface area contributed by atoms with Gasteiger partial charge in [0, 0.05) is 18.8 Å². The van der Waals surface area contributed by atoms with Gasteiger partial charge in [-0.05, 0) is 18.1 Å². The average molecular weight is 191 g/mol. The Balaban J connectivity index is 1.98. The molecule has 4 heteroatoms. The number of nitrogens with one attached hydrogen (secondary N) is 1. The number of thioether (sulfide) groups is 1. The van der Waals surface area contributed by atoms with Gasteiger partial charge in [-0.15, -0.1) is 0 Å². The van der Waals surface area contributed by atoms with Gasteiger partial charge in [-0.2, -0.15) is 11.8 Å². The van der Waals surface area contributed by atoms with Crippen LogP contribution in [0.5, 0.6) is 0 Å². The first-order valence-corrected chi connectivity index (χ1v) is 5.57. The summed E-state index contributed by atoms with van der Waals surface area (Å²) in [6.07, 6.45) is 0.901. The maximum absolute atomic E-state index is 9.42. The summed E-state index contributed by atoms with van der Waals surface area (Å²) >= 11 is 1.75. The van der Waals surface area contributed by atoms with Crippen molar-refractivity contribution in [3.8, 4) is 0 Å². The fraction of sp³-hybridized carbons (Fsp3) is 1.00. The molecule has 12 heavy (non-hydrogen) atoms. The minimum absolute atomic E-state index is 0.153. The highest BCUT2D eigenvalue weighted by Gasteiger charge is 2.23. The van der Waals surface area contributed by atoms with Crippen LogP contribution in [0.2, 0.25) is 0 Å². The Bertz CT molecular complexity index is 124. The molecular formula is C8H17NO2S. The summed E-state index contributed by atoms with van der Waals surface area (Å²) in [5.74, 6) is 2.29. The normalized spacial score (nSPS) is 29.5. The van der Waals surface area contributed by atoms with Crippen LogP contribution >= 0.6 is 11.8 Å². The van der Waals surface area contributed by atoms with E-state index >= 15 is 0 Å². The predicted octanol–water partition coefficient (Wildman–Crippen LogP) is -0.318. The molecule has 0 bridgehead atoms. The van der Waals surface area contributed by atoms with E-state index in [4.69, 9.17) is 5.11 Å². The van der Waals surface area contributed by atoms with Gasteiger partial charge in [0.05, 0.1) is 12.7 Å². The third kappa shape index (κ3) is 3.31. The summed E-state index contributed by atoms with van der Waals surface area (Å²) in [5, 5.41) is 21.1. The predicted molar refractivity (Wildman–Crippen MR) is 51.4 cm³/mol. The largest absolute Gasteiger partial charge is 0.396 e. The zero-order chi connectivity index (χ0) is 8.81. The summed E-state index contributed by atoms with van der Waals surface area (Å²) in [4.78, 5) is 0. The van der Waals surface area contributed by atoms with E-state index in [1.165, 1.54) is 0 Å². The quantitative estimate of drug-likeness (QED) is 0.521. The molecule has 1 aliphatic rings. The van der Waals surface area contributed by atoms with Crippen molar-refractivity contribution < 1.29 is 10.2 Å². The Kier molecular flexibility index (Phi) is 4.99. The zero-order valence-electron chi connectivity index (χ0n) is 7.20. The number of aliphatic hydroxyl groups is 2. The van der Waals surface area contributed by atoms with Crippen molar-refractivity contribution in [1.82, 2.24) is 5.32 Å². The van der Waals surface area contributed by atoms with Gasteiger partial charge in [-0.3, -0.25) is 0 Å². The number of hydrogen-bond acceptors (Lipinski definition) is 4. The van der Waals surface area contributed by atoms with Gasteiger partial charge in [-0.1, -0.05) is 0 Å². The molecule has 0 spiro atoms. The van der Waals surface area contributed by atoms with E-state index in [0.717, 1.165) is 31.0 Å². The summed E-state index contributed by atoms with van der Waals surface area (Å²) < 4.78 is 0. The highest BCUT2D eigenvalue weighted by molar-refractivity contribution is 7.99. The van der Waals surface area contributed by atoms with Gasteiger partial charge in [0.2, 0.25) is 0 Å². The molecule has 0 radical (unpaired) electrons. The van der Waals surface area contributed by atoms with E-state index < -0.39 is 0 Å². The van der Waals surface area contributed by atoms with Crippen LogP contribution in [0.3, 0.4) is 0 Å². The molecule has 0 amide bonds. The highest BCUT2D eigenvalue weighted by Crippen LogP contribution is 2.16. The molecule has 1 aliphatic heterocycles. The lowest BCUT2D eigenvalue weighted by Crippen LogP contribution is -2.18. The molecule has 1 fully saturated rings. The second-order valence-corrected chi connectivity index (χ2v) is 4.34. The molecule has 0 aromatic heterocycles. The molecular weight excluding hydrogens is 174 g/mol. The fourth-order valence-corrected chi connectivity index (χ4v) is 2.22. The van der Waals surface area contributed by atoms with Crippen molar-refractivity contribution >= 4 is 11.8 Å². The highest BCUT2D eigenvalue weighted by atomic mass is 32.2. The van der Waals surface area contributed by atoms with Crippen molar-refractivity contribution in [2.75, 3.05) is 31.2 Å². The van der Waals surface area contributed by atoms with Gasteiger partial charge >= 0.3 is 0 Å². The van der Waals surface area contributed by atoms with Crippen LogP contribution < -0.4 is 5.32 Å². The summed E-state index contributed by atoms with van der Waals surface area (Å²) in [6, 6.07) is 0. The molecule has 0 saturated carbocycles. The lowest BCUT2D eigenvalue weighted by molar-refractivity contribution is 0.146. The first kappa shape index (κ1) is 10.3. The molecule has 0 unspecified atom stereocenters. The fourth-order valence-electron chi connectivity index (χ4n) is 1.42. The van der Waals surface area contributed by atoms with E-state index in [1.807, 2.05) is 0 Å². The summed E-state index contributed by atoms with van der Waals surface area (Å²) in [5.41, 5.74) is 0. The maximum Gasteiger partial charge on any atom is 0.0705 e. The Morgan fingerprint density at radius 3 is 2.75 bits per heavy atom. The van der Waals surface area contributed by atoms with Gasteiger partial charge < -0.3 is 15.5 Å². The van der Waals surface area contributed by atoms with Crippen molar-refractivity contribution in [3.63, 3.8) is 0 Å². The molecule has 1 rings (SSSR count). The maximum atomic E-state index is 9.42. The van der Waals surface area contributed by atoms with Crippen LogP contribution in [0.15, 0.2) is 0 Å². The van der Waals surface area contributed by atoms with Crippen molar-refractivity contribution in [1.29, 1.82) is 0 Å². The summed E-state index contributed by atoms with van der Waals surface area (Å²) in [6.45, 7) is 1.95. The van der Waals surface area contributed by atoms with E-state index in [9.17, 15) is 5.11 Å². The molecule has 0 aromatic rings. The third-order valence-electron chi connectivity index (χ3n) is 2.17. The Hall–Kier alpha value is 0.230. The van der Waals surface area contributed by atoms with Gasteiger partial charge in [0.1, 0.15) is 0 Å². The zero-order valence-corrected chi connectivity index (χ0v) is 8.02. The van der Waals surface area contributed by atoms with E-state index in [2.05, 4.69) is 5.32 Å². The van der Waals surface area contributed by atoms with Crippen LogP contribution in [0.1, 0.15) is 6.42 Å². The lowest BCUT2D eigenvalue weighted by atomic mass is 10.0. The van der Waals surface area contributed by atoms with Crippen LogP contribution in [0.4, 0.5) is 0 Å². The van der Waals surface area contributed by atoms with Crippen molar-refractivity contribution in [2.24, 2.45) is 5.92 Å². The lowest BCUT2D eigenvalue weighted by Gasteiger charge is -2.11. The molecule has 2 atom stereocenters. The Labute approximate surface area is 77.5 Å². The second-order valence-electron chi connectivity index (χ2n) is 3.11. The molecule has 3 N–H and O–H groups in total. The molecule has 0 aromatic carbocycles. The van der Waals surface area contributed by atoms with E-state index in [1.54, 1.807) is 11.8 Å². The molecule has 1 heterocycles. The molecule has 72 valence electrons. The average Bonchev–Trinajstić information content (AvgIpc) is 2.46. The van der Waals surface area contributed by atoms with E-state index in [0.29, 0.717) is 5.92 Å². The van der Waals surface area contributed by atoms with Crippen LogP contribution in [0, 0.1) is 5.92 Å². The molecule has 0 aliphatic carbocycles. The Morgan fingerprint density at radius 2 is 2.17 bits per heavy atom. The second kappa shape index (κ2) is 5.80. The third-order valence-corrected chi connectivity index (χ3v) is 3.17. The van der Waals surface area contributed by atoms with Gasteiger partial charge in [0.25, 0.3) is 0 Å². The monoisotopic (exact) mass is 191 g/mol. The molecule has 1 saturated heterocycles. The first-order valence-electron chi connectivity index (χ1n) is 4.42. The number of hydrogen-bond donors (Lipinski definition) is 3. The van der Waals surface area contributed by atoms with Gasteiger partial charge in [0.15, 0.2) is 0 Å². The Morgan fingerprint density at radius 1 is 1.33 bits per heavy atom. The number of rotatable bonds is 5. The number of β-amino-alcohol motifs (C(OH)–C–C–N with tert-alkyl or cyclic N) is 1. The standard InChI is InChI=1S/C8H17NO2S/c10-2-4-12-3-1-7-5-9-6-8(7)11/h7-11H,1-6H2/t7-,8-/m0/s1. The topological polar surface area (TPSA) is 52.5 Å². The first-order chi connectivity index (χ1) is 5.84. The van der Waals surface area contributed by atoms with Crippen LogP contribution in [0.25, 0.3) is 0 Å². The van der Waals surface area contributed by atoms with Crippen LogP contribution in [-0.2, 0) is 0 Å². The molecule has 3 nitrogen and oxygen atoms in total. The van der Waals surface area contributed by atoms with Crippen LogP contribution in [-0.4, -0.2) is 47.5 Å². The van der Waals surface area contributed by atoms with E-state index in [-0.39, 0.29) is 12.7 Å².